The molecule has 1 heterocycles. The Morgan fingerprint density at radius 2 is 2.22 bits per heavy atom. The van der Waals surface area contributed by atoms with Gasteiger partial charge in [0.25, 0.3) is 0 Å². The molecule has 1 atom stereocenters. The van der Waals surface area contributed by atoms with Gasteiger partial charge in [-0.3, -0.25) is 4.99 Å². The fraction of sp³-hybridized carbons (Fsp3) is 0.417. The van der Waals surface area contributed by atoms with Gasteiger partial charge in [0.15, 0.2) is 5.96 Å². The second-order valence-electron chi connectivity index (χ2n) is 3.92. The Labute approximate surface area is 104 Å². The number of nitrogens with zero attached hydrogens (tertiary/aromatic N) is 2. The first-order chi connectivity index (χ1) is 8.63. The van der Waals surface area contributed by atoms with Crippen molar-refractivity contribution in [1.29, 1.82) is 0 Å². The molecule has 1 aliphatic heterocycles. The number of likely N-dealkylation sites (N-methyl/N-ethyl adjacent to an activating group) is 1. The summed E-state index contributed by atoms with van der Waals surface area (Å²) in [6.45, 7) is 0.240. The summed E-state index contributed by atoms with van der Waals surface area (Å²) in [7, 11) is 0. The third-order valence-electron chi connectivity index (χ3n) is 2.93. The maximum atomic E-state index is 12.4. The van der Waals surface area contributed by atoms with E-state index in [0.29, 0.717) is 24.6 Å². The molecule has 0 radical (unpaired) electrons. The molecule has 0 bridgehead atoms. The summed E-state index contributed by atoms with van der Waals surface area (Å²) in [6.07, 6.45) is 0. The third-order valence-corrected chi connectivity index (χ3v) is 2.93. The minimum Gasteiger partial charge on any atom is -0.434 e. The van der Waals surface area contributed by atoms with Crippen molar-refractivity contribution in [3.05, 3.63) is 29.8 Å². The van der Waals surface area contributed by atoms with Crippen LogP contribution in [0.2, 0.25) is 0 Å². The average Bonchev–Trinajstić information content (AvgIpc) is 2.70. The summed E-state index contributed by atoms with van der Waals surface area (Å²) in [5, 5.41) is 0. The Bertz CT molecular complexity index is 451. The Hall–Kier alpha value is -1.85. The van der Waals surface area contributed by atoms with Crippen LogP contribution in [0, 0.1) is 0 Å². The second kappa shape index (κ2) is 5.20. The van der Waals surface area contributed by atoms with Crippen molar-refractivity contribution in [1.82, 2.24) is 4.90 Å². The standard InChI is InChI=1S/C12H15F2N3O/c1-2-17-9(7-16-12(17)15)8-5-3-4-6-10(8)18-11(13)14/h3-6,9,11H,2,7H2,1H3,(H2,15,16). The summed E-state index contributed by atoms with van der Waals surface area (Å²) in [6, 6.07) is 6.61. The van der Waals surface area contributed by atoms with Gasteiger partial charge < -0.3 is 15.4 Å². The summed E-state index contributed by atoms with van der Waals surface area (Å²) >= 11 is 0. The van der Waals surface area contributed by atoms with E-state index in [1.807, 2.05) is 11.8 Å². The van der Waals surface area contributed by atoms with E-state index in [1.165, 1.54) is 6.07 Å². The zero-order chi connectivity index (χ0) is 13.1. The van der Waals surface area contributed by atoms with Gasteiger partial charge in [0.2, 0.25) is 0 Å². The van der Waals surface area contributed by atoms with E-state index in [-0.39, 0.29) is 11.8 Å². The third kappa shape index (κ3) is 2.37. The highest BCUT2D eigenvalue weighted by atomic mass is 19.3. The van der Waals surface area contributed by atoms with Gasteiger partial charge in [-0.15, -0.1) is 0 Å². The SMILES string of the molecule is CCN1C(N)=NCC1c1ccccc1OC(F)F. The van der Waals surface area contributed by atoms with Gasteiger partial charge in [-0.2, -0.15) is 8.78 Å². The molecule has 1 unspecified atom stereocenters. The maximum absolute atomic E-state index is 12.4. The highest BCUT2D eigenvalue weighted by Crippen LogP contribution is 2.32. The van der Waals surface area contributed by atoms with Crippen molar-refractivity contribution in [2.45, 2.75) is 19.6 Å². The number of hydrogen-bond donors (Lipinski definition) is 1. The van der Waals surface area contributed by atoms with E-state index in [1.54, 1.807) is 18.2 Å². The Balaban J connectivity index is 2.28. The van der Waals surface area contributed by atoms with E-state index >= 15 is 0 Å². The van der Waals surface area contributed by atoms with Crippen LogP contribution in [0.3, 0.4) is 0 Å². The lowest BCUT2D eigenvalue weighted by atomic mass is 10.1. The van der Waals surface area contributed by atoms with Crippen molar-refractivity contribution >= 4 is 5.96 Å². The first-order valence-electron chi connectivity index (χ1n) is 5.73. The molecule has 0 amide bonds. The van der Waals surface area contributed by atoms with E-state index in [2.05, 4.69) is 9.73 Å². The van der Waals surface area contributed by atoms with Crippen LogP contribution in [0.15, 0.2) is 29.3 Å². The Morgan fingerprint density at radius 1 is 1.50 bits per heavy atom. The monoisotopic (exact) mass is 255 g/mol. The van der Waals surface area contributed by atoms with E-state index < -0.39 is 6.61 Å². The summed E-state index contributed by atoms with van der Waals surface area (Å²) in [5.74, 6) is 0.621. The fourth-order valence-corrected chi connectivity index (χ4v) is 2.14. The number of hydrogen-bond acceptors (Lipinski definition) is 4. The van der Waals surface area contributed by atoms with Crippen LogP contribution in [0.25, 0.3) is 0 Å². The van der Waals surface area contributed by atoms with Gasteiger partial charge in [0.05, 0.1) is 12.6 Å². The molecule has 0 spiro atoms. The molecule has 2 N–H and O–H groups in total. The molecule has 0 aromatic heterocycles. The number of alkyl halides is 2. The lowest BCUT2D eigenvalue weighted by molar-refractivity contribution is -0.0508. The van der Waals surface area contributed by atoms with Crippen molar-refractivity contribution < 1.29 is 13.5 Å². The summed E-state index contributed by atoms with van der Waals surface area (Å²) in [4.78, 5) is 6.01. The van der Waals surface area contributed by atoms with Gasteiger partial charge in [-0.05, 0) is 13.0 Å². The van der Waals surface area contributed by atoms with E-state index in [9.17, 15) is 8.78 Å². The van der Waals surface area contributed by atoms with Crippen molar-refractivity contribution in [2.24, 2.45) is 10.7 Å². The average molecular weight is 255 g/mol. The number of para-hydroxylation sites is 1. The lowest BCUT2D eigenvalue weighted by Crippen LogP contribution is -2.36. The normalized spacial score (nSPS) is 19.2. The first kappa shape index (κ1) is 12.6. The van der Waals surface area contributed by atoms with Gasteiger partial charge in [-0.25, -0.2) is 0 Å². The molecule has 0 fully saturated rings. The van der Waals surface area contributed by atoms with Gasteiger partial charge in [0, 0.05) is 12.1 Å². The zero-order valence-electron chi connectivity index (χ0n) is 10.0. The number of nitrogens with two attached hydrogens (primary N) is 1. The Morgan fingerprint density at radius 3 is 2.89 bits per heavy atom. The second-order valence-corrected chi connectivity index (χ2v) is 3.92. The van der Waals surface area contributed by atoms with Gasteiger partial charge in [-0.1, -0.05) is 18.2 Å². The van der Waals surface area contributed by atoms with E-state index in [4.69, 9.17) is 5.73 Å². The molecule has 6 heteroatoms. The molecule has 18 heavy (non-hydrogen) atoms. The molecule has 1 aliphatic rings. The lowest BCUT2D eigenvalue weighted by Gasteiger charge is -2.26. The largest absolute Gasteiger partial charge is 0.434 e. The van der Waals surface area contributed by atoms with Gasteiger partial charge >= 0.3 is 6.61 Å². The van der Waals surface area contributed by atoms with Crippen LogP contribution in [0.1, 0.15) is 18.5 Å². The van der Waals surface area contributed by atoms with Crippen LogP contribution >= 0.6 is 0 Å². The van der Waals surface area contributed by atoms with Crippen LogP contribution in [0.5, 0.6) is 5.75 Å². The van der Waals surface area contributed by atoms with Crippen LogP contribution in [0.4, 0.5) is 8.78 Å². The molecule has 0 saturated heterocycles. The van der Waals surface area contributed by atoms with Crippen LogP contribution < -0.4 is 10.5 Å². The smallest absolute Gasteiger partial charge is 0.387 e. The van der Waals surface area contributed by atoms with Crippen molar-refractivity contribution in [3.8, 4) is 5.75 Å². The number of rotatable bonds is 4. The minimum absolute atomic E-state index is 0.134. The van der Waals surface area contributed by atoms with Crippen molar-refractivity contribution in [2.75, 3.05) is 13.1 Å². The predicted molar refractivity (Wildman–Crippen MR) is 64.7 cm³/mol. The number of ether oxygens (including phenoxy) is 1. The summed E-state index contributed by atoms with van der Waals surface area (Å²) in [5.41, 5.74) is 6.44. The molecular formula is C12H15F2N3O. The maximum Gasteiger partial charge on any atom is 0.387 e. The fourth-order valence-electron chi connectivity index (χ4n) is 2.14. The quantitative estimate of drug-likeness (QED) is 0.895. The number of halogens is 2. The van der Waals surface area contributed by atoms with E-state index in [0.717, 1.165) is 0 Å². The molecular weight excluding hydrogens is 240 g/mol. The molecule has 1 aromatic carbocycles. The van der Waals surface area contributed by atoms with Gasteiger partial charge in [0.1, 0.15) is 5.75 Å². The summed E-state index contributed by atoms with van der Waals surface area (Å²) < 4.78 is 29.2. The Kier molecular flexibility index (Phi) is 3.64. The molecule has 4 nitrogen and oxygen atoms in total. The highest BCUT2D eigenvalue weighted by molar-refractivity contribution is 5.80. The molecule has 0 saturated carbocycles. The highest BCUT2D eigenvalue weighted by Gasteiger charge is 2.28. The topological polar surface area (TPSA) is 50.8 Å². The van der Waals surface area contributed by atoms with Crippen LogP contribution in [-0.4, -0.2) is 30.6 Å². The zero-order valence-corrected chi connectivity index (χ0v) is 10.0. The first-order valence-corrected chi connectivity index (χ1v) is 5.73. The molecule has 0 aliphatic carbocycles. The van der Waals surface area contributed by atoms with Crippen LogP contribution in [-0.2, 0) is 0 Å². The molecule has 2 rings (SSSR count). The number of benzene rings is 1. The molecule has 1 aromatic rings. The number of aliphatic imine (C=N–C) groups is 1. The van der Waals surface area contributed by atoms with Crippen molar-refractivity contribution in [3.63, 3.8) is 0 Å². The predicted octanol–water partition coefficient (Wildman–Crippen LogP) is 1.98. The minimum atomic E-state index is -2.83. The molecule has 98 valence electrons. The number of guanidine groups is 1.